The molecular weight excluding hydrogens is 434 g/mol. The van der Waals surface area contributed by atoms with Gasteiger partial charge in [0, 0.05) is 18.2 Å². The second-order valence-corrected chi connectivity index (χ2v) is 7.72. The standard InChI is InChI=1S/C25H27N5O4/c26-25(27)28-15-7-12-20(24(33)34)30-23(32)18-13-14-19(29-22(18)31)21(16-8-3-1-4-9-16)17-10-5-2-6-11-17/h1-6,8-11,13-14,20-21H,7,12,15H2,(H,29,31)(H,30,32)(H,33,34)(H4,26,27,28)/t20-/m1/s1. The van der Waals surface area contributed by atoms with Crippen LogP contribution in [0.4, 0.5) is 0 Å². The lowest BCUT2D eigenvalue weighted by Crippen LogP contribution is -2.42. The number of nitrogens with one attached hydrogen (secondary N) is 2. The van der Waals surface area contributed by atoms with Crippen molar-refractivity contribution >= 4 is 17.8 Å². The summed E-state index contributed by atoms with van der Waals surface area (Å²) < 4.78 is 0. The van der Waals surface area contributed by atoms with Crippen molar-refractivity contribution in [1.29, 1.82) is 0 Å². The minimum Gasteiger partial charge on any atom is -0.480 e. The molecule has 2 aromatic carbocycles. The summed E-state index contributed by atoms with van der Waals surface area (Å²) in [5.41, 5.74) is 12.3. The van der Waals surface area contributed by atoms with Crippen molar-refractivity contribution < 1.29 is 14.7 Å². The van der Waals surface area contributed by atoms with E-state index in [0.29, 0.717) is 12.1 Å². The summed E-state index contributed by atoms with van der Waals surface area (Å²) in [5, 5.41) is 11.8. The quantitative estimate of drug-likeness (QED) is 0.175. The van der Waals surface area contributed by atoms with Crippen LogP contribution in [0.1, 0.15) is 45.9 Å². The number of guanidine groups is 1. The molecule has 1 atom stereocenters. The number of amides is 1. The van der Waals surface area contributed by atoms with Crippen LogP contribution >= 0.6 is 0 Å². The Morgan fingerprint density at radius 2 is 1.53 bits per heavy atom. The maximum Gasteiger partial charge on any atom is 0.326 e. The number of carbonyl (C=O) groups excluding carboxylic acids is 1. The summed E-state index contributed by atoms with van der Waals surface area (Å²) in [5.74, 6) is -2.31. The van der Waals surface area contributed by atoms with Crippen molar-refractivity contribution in [3.05, 3.63) is 106 Å². The van der Waals surface area contributed by atoms with E-state index in [9.17, 15) is 19.5 Å². The highest BCUT2D eigenvalue weighted by atomic mass is 16.4. The number of rotatable bonds is 10. The van der Waals surface area contributed by atoms with E-state index in [0.717, 1.165) is 11.1 Å². The average Bonchev–Trinajstić information content (AvgIpc) is 2.82. The summed E-state index contributed by atoms with van der Waals surface area (Å²) in [6.07, 6.45) is 0.457. The summed E-state index contributed by atoms with van der Waals surface area (Å²) in [6.45, 7) is 0.234. The molecular formula is C25H27N5O4. The van der Waals surface area contributed by atoms with Crippen molar-refractivity contribution in [3.8, 4) is 0 Å². The highest BCUT2D eigenvalue weighted by molar-refractivity contribution is 5.96. The summed E-state index contributed by atoms with van der Waals surface area (Å²) in [4.78, 5) is 43.7. The highest BCUT2D eigenvalue weighted by Gasteiger charge is 2.23. The SMILES string of the molecule is NC(N)=NCCC[C@@H](NC(=O)c1ccc(C(c2ccccc2)c2ccccc2)[nH]c1=O)C(=O)O. The predicted molar refractivity (Wildman–Crippen MR) is 130 cm³/mol. The van der Waals surface area contributed by atoms with Crippen molar-refractivity contribution in [2.75, 3.05) is 6.54 Å². The molecule has 0 saturated carbocycles. The molecule has 3 rings (SSSR count). The minimum atomic E-state index is -1.21. The fourth-order valence-corrected chi connectivity index (χ4v) is 3.68. The van der Waals surface area contributed by atoms with Crippen LogP contribution in [0, 0.1) is 0 Å². The molecule has 0 aliphatic rings. The number of pyridine rings is 1. The topological polar surface area (TPSA) is 164 Å². The molecule has 1 aromatic heterocycles. The number of nitrogens with zero attached hydrogens (tertiary/aromatic N) is 1. The molecule has 0 spiro atoms. The van der Waals surface area contributed by atoms with E-state index >= 15 is 0 Å². The average molecular weight is 462 g/mol. The molecule has 176 valence electrons. The maximum atomic E-state index is 12.8. The third-order valence-corrected chi connectivity index (χ3v) is 5.30. The third-order valence-electron chi connectivity index (χ3n) is 5.30. The van der Waals surface area contributed by atoms with Gasteiger partial charge in [-0.25, -0.2) is 4.79 Å². The molecule has 9 nitrogen and oxygen atoms in total. The van der Waals surface area contributed by atoms with Crippen LogP contribution < -0.4 is 22.3 Å². The zero-order valence-electron chi connectivity index (χ0n) is 18.5. The first-order chi connectivity index (χ1) is 16.4. The molecule has 1 amide bonds. The van der Waals surface area contributed by atoms with E-state index in [1.807, 2.05) is 60.7 Å². The van der Waals surface area contributed by atoms with Crippen LogP contribution in [0.2, 0.25) is 0 Å². The summed E-state index contributed by atoms with van der Waals surface area (Å²) in [7, 11) is 0. The number of aliphatic carboxylic acids is 1. The van der Waals surface area contributed by atoms with Crippen LogP contribution in [0.25, 0.3) is 0 Å². The van der Waals surface area contributed by atoms with Gasteiger partial charge in [-0.3, -0.25) is 14.6 Å². The minimum absolute atomic E-state index is 0.0909. The lowest BCUT2D eigenvalue weighted by Gasteiger charge is -2.19. The third kappa shape index (κ3) is 6.32. The number of carbonyl (C=O) groups is 2. The highest BCUT2D eigenvalue weighted by Crippen LogP contribution is 2.30. The molecule has 9 heteroatoms. The molecule has 0 aliphatic carbocycles. The predicted octanol–water partition coefficient (Wildman–Crippen LogP) is 1.79. The Balaban J connectivity index is 1.82. The van der Waals surface area contributed by atoms with E-state index in [2.05, 4.69) is 15.3 Å². The Morgan fingerprint density at radius 3 is 2.03 bits per heavy atom. The van der Waals surface area contributed by atoms with E-state index in [1.54, 1.807) is 6.07 Å². The van der Waals surface area contributed by atoms with Gasteiger partial charge in [-0.2, -0.15) is 0 Å². The van der Waals surface area contributed by atoms with Crippen LogP contribution in [0.3, 0.4) is 0 Å². The molecule has 7 N–H and O–H groups in total. The number of aromatic amines is 1. The molecule has 3 aromatic rings. The normalized spacial score (nSPS) is 11.6. The van der Waals surface area contributed by atoms with E-state index < -0.39 is 23.5 Å². The van der Waals surface area contributed by atoms with Gasteiger partial charge in [-0.15, -0.1) is 0 Å². The van der Waals surface area contributed by atoms with Gasteiger partial charge in [-0.05, 0) is 36.1 Å². The molecule has 1 heterocycles. The molecule has 0 aliphatic heterocycles. The van der Waals surface area contributed by atoms with Gasteiger partial charge in [0.2, 0.25) is 0 Å². The Labute approximate surface area is 196 Å². The number of hydrogen-bond acceptors (Lipinski definition) is 4. The van der Waals surface area contributed by atoms with Crippen molar-refractivity contribution in [1.82, 2.24) is 10.3 Å². The van der Waals surface area contributed by atoms with Crippen LogP contribution in [0.5, 0.6) is 0 Å². The summed E-state index contributed by atoms with van der Waals surface area (Å²) in [6, 6.07) is 21.3. The number of nitrogens with two attached hydrogens (primary N) is 2. The Bertz CT molecular complexity index is 1170. The van der Waals surface area contributed by atoms with Gasteiger partial charge < -0.3 is 26.9 Å². The first-order valence-electron chi connectivity index (χ1n) is 10.8. The Hall–Kier alpha value is -4.40. The second kappa shape index (κ2) is 11.5. The molecule has 0 radical (unpaired) electrons. The number of carboxylic acids is 1. The fraction of sp³-hybridized carbons (Fsp3) is 0.200. The Morgan fingerprint density at radius 1 is 0.941 bits per heavy atom. The first kappa shape index (κ1) is 24.2. The van der Waals surface area contributed by atoms with Gasteiger partial charge in [0.05, 0.1) is 0 Å². The second-order valence-electron chi connectivity index (χ2n) is 7.72. The van der Waals surface area contributed by atoms with Crippen LogP contribution in [0.15, 0.2) is 82.6 Å². The molecule has 0 bridgehead atoms. The van der Waals surface area contributed by atoms with Crippen molar-refractivity contribution in [3.63, 3.8) is 0 Å². The smallest absolute Gasteiger partial charge is 0.326 e. The summed E-state index contributed by atoms with van der Waals surface area (Å²) >= 11 is 0. The number of aromatic nitrogens is 1. The molecule has 0 saturated heterocycles. The van der Waals surface area contributed by atoms with E-state index in [4.69, 9.17) is 11.5 Å². The van der Waals surface area contributed by atoms with E-state index in [-0.39, 0.29) is 30.4 Å². The number of H-pyrrole nitrogens is 1. The van der Waals surface area contributed by atoms with Crippen LogP contribution in [-0.4, -0.2) is 40.5 Å². The van der Waals surface area contributed by atoms with Crippen LogP contribution in [-0.2, 0) is 4.79 Å². The van der Waals surface area contributed by atoms with Crippen molar-refractivity contribution in [2.45, 2.75) is 24.8 Å². The monoisotopic (exact) mass is 461 g/mol. The Kier molecular flexibility index (Phi) is 8.17. The molecule has 0 fully saturated rings. The van der Waals surface area contributed by atoms with Crippen molar-refractivity contribution in [2.24, 2.45) is 16.5 Å². The lowest BCUT2D eigenvalue weighted by molar-refractivity contribution is -0.139. The zero-order chi connectivity index (χ0) is 24.5. The lowest BCUT2D eigenvalue weighted by atomic mass is 9.88. The largest absolute Gasteiger partial charge is 0.480 e. The van der Waals surface area contributed by atoms with Gasteiger partial charge in [0.15, 0.2) is 5.96 Å². The number of hydrogen-bond donors (Lipinski definition) is 5. The number of aliphatic imine (C=N–C) groups is 1. The van der Waals surface area contributed by atoms with Gasteiger partial charge in [-0.1, -0.05) is 60.7 Å². The van der Waals surface area contributed by atoms with Gasteiger partial charge in [0.1, 0.15) is 11.6 Å². The van der Waals surface area contributed by atoms with E-state index in [1.165, 1.54) is 6.07 Å². The van der Waals surface area contributed by atoms with Gasteiger partial charge >= 0.3 is 5.97 Å². The molecule has 34 heavy (non-hydrogen) atoms. The zero-order valence-corrected chi connectivity index (χ0v) is 18.5. The fourth-order valence-electron chi connectivity index (χ4n) is 3.68. The number of benzene rings is 2. The number of carboxylic acid groups (broad SMARTS) is 1. The first-order valence-corrected chi connectivity index (χ1v) is 10.8. The molecule has 0 unspecified atom stereocenters. The van der Waals surface area contributed by atoms with Gasteiger partial charge in [0.25, 0.3) is 11.5 Å². The maximum absolute atomic E-state index is 12.8.